The summed E-state index contributed by atoms with van der Waals surface area (Å²) < 4.78 is 11.9. The third-order valence-corrected chi connectivity index (χ3v) is 4.43. The Morgan fingerprint density at radius 2 is 2.15 bits per heavy atom. The minimum absolute atomic E-state index is 0.208. The van der Waals surface area contributed by atoms with Crippen molar-refractivity contribution < 1.29 is 14.3 Å². The van der Waals surface area contributed by atoms with Gasteiger partial charge in [-0.1, -0.05) is 30.3 Å². The molecular formula is C20H15ClINO3. The van der Waals surface area contributed by atoms with Crippen molar-refractivity contribution in [3.05, 3.63) is 80.0 Å². The zero-order chi connectivity index (χ0) is 18.7. The standard InChI is InChI=1S/C20H15ClINO3/c1-12(2)11-25-15-5-3-4-13(8-15)9-18-20(24)26-19(23-18)16-10-14(22)6-7-17(16)21/h3-10H,1,11H2,2H3. The summed E-state index contributed by atoms with van der Waals surface area (Å²) in [5.74, 6) is 0.390. The van der Waals surface area contributed by atoms with E-state index in [1.54, 1.807) is 12.1 Å². The molecule has 4 nitrogen and oxygen atoms in total. The lowest BCUT2D eigenvalue weighted by Crippen LogP contribution is -2.06. The molecule has 0 aromatic heterocycles. The molecule has 0 atom stereocenters. The lowest BCUT2D eigenvalue weighted by Gasteiger charge is -2.06. The van der Waals surface area contributed by atoms with Crippen LogP contribution in [0.2, 0.25) is 5.02 Å². The SMILES string of the molecule is C=C(C)COc1cccc(C=C2N=C(c3cc(I)ccc3Cl)OC2=O)c1. The molecule has 0 aliphatic carbocycles. The first-order valence-corrected chi connectivity index (χ1v) is 9.23. The van der Waals surface area contributed by atoms with E-state index in [9.17, 15) is 4.79 Å². The average Bonchev–Trinajstić information content (AvgIpc) is 2.96. The van der Waals surface area contributed by atoms with E-state index in [-0.39, 0.29) is 11.6 Å². The van der Waals surface area contributed by atoms with Gasteiger partial charge in [0.15, 0.2) is 5.70 Å². The number of cyclic esters (lactones) is 1. The number of carbonyl (C=O) groups is 1. The molecule has 0 spiro atoms. The molecular weight excluding hydrogens is 465 g/mol. The fourth-order valence-electron chi connectivity index (χ4n) is 2.24. The molecule has 6 heteroatoms. The van der Waals surface area contributed by atoms with E-state index in [0.717, 1.165) is 14.7 Å². The molecule has 0 radical (unpaired) electrons. The van der Waals surface area contributed by atoms with Crippen molar-refractivity contribution in [1.82, 2.24) is 0 Å². The van der Waals surface area contributed by atoms with Gasteiger partial charge < -0.3 is 9.47 Å². The van der Waals surface area contributed by atoms with Crippen LogP contribution in [0, 0.1) is 3.57 Å². The van der Waals surface area contributed by atoms with Gasteiger partial charge in [0, 0.05) is 3.57 Å². The number of hydrogen-bond acceptors (Lipinski definition) is 4. The van der Waals surface area contributed by atoms with Gasteiger partial charge in [0.2, 0.25) is 5.90 Å². The van der Waals surface area contributed by atoms with Gasteiger partial charge in [-0.2, -0.15) is 0 Å². The third-order valence-electron chi connectivity index (χ3n) is 3.43. The van der Waals surface area contributed by atoms with Crippen LogP contribution in [0.25, 0.3) is 6.08 Å². The summed E-state index contributed by atoms with van der Waals surface area (Å²) in [5, 5.41) is 0.480. The molecule has 0 unspecified atom stereocenters. The van der Waals surface area contributed by atoms with Crippen molar-refractivity contribution >= 4 is 52.1 Å². The molecule has 132 valence electrons. The van der Waals surface area contributed by atoms with Crippen LogP contribution in [0.4, 0.5) is 0 Å². The molecule has 0 saturated heterocycles. The minimum Gasteiger partial charge on any atom is -0.489 e. The Labute approximate surface area is 170 Å². The molecule has 0 bridgehead atoms. The first-order valence-electron chi connectivity index (χ1n) is 7.77. The highest BCUT2D eigenvalue weighted by molar-refractivity contribution is 14.1. The number of benzene rings is 2. The number of aliphatic imine (C=N–C) groups is 1. The topological polar surface area (TPSA) is 47.9 Å². The molecule has 2 aromatic rings. The van der Waals surface area contributed by atoms with Crippen molar-refractivity contribution in [2.75, 3.05) is 6.61 Å². The van der Waals surface area contributed by atoms with E-state index in [1.807, 2.05) is 43.3 Å². The highest BCUT2D eigenvalue weighted by Crippen LogP contribution is 2.26. The van der Waals surface area contributed by atoms with Gasteiger partial charge in [0.25, 0.3) is 0 Å². The number of ether oxygens (including phenoxy) is 2. The molecule has 1 aliphatic rings. The van der Waals surface area contributed by atoms with Crippen LogP contribution >= 0.6 is 34.2 Å². The van der Waals surface area contributed by atoms with Crippen LogP contribution < -0.4 is 4.74 Å². The van der Waals surface area contributed by atoms with Crippen LogP contribution in [-0.4, -0.2) is 18.5 Å². The van der Waals surface area contributed by atoms with E-state index in [1.165, 1.54) is 0 Å². The maximum atomic E-state index is 12.2. The fourth-order valence-corrected chi connectivity index (χ4v) is 2.93. The van der Waals surface area contributed by atoms with E-state index >= 15 is 0 Å². The second kappa shape index (κ2) is 8.05. The normalized spacial score (nSPS) is 15.0. The number of hydrogen-bond donors (Lipinski definition) is 0. The Kier molecular flexibility index (Phi) is 5.78. The largest absolute Gasteiger partial charge is 0.489 e. The first-order chi connectivity index (χ1) is 12.4. The van der Waals surface area contributed by atoms with E-state index in [2.05, 4.69) is 34.2 Å². The number of esters is 1. The number of rotatable bonds is 5. The molecule has 0 fully saturated rings. The van der Waals surface area contributed by atoms with Gasteiger partial charge in [-0.3, -0.25) is 0 Å². The minimum atomic E-state index is -0.511. The molecule has 1 heterocycles. The fraction of sp³-hybridized carbons (Fsp3) is 0.100. The van der Waals surface area contributed by atoms with Crippen molar-refractivity contribution in [2.24, 2.45) is 4.99 Å². The summed E-state index contributed by atoms with van der Waals surface area (Å²) >= 11 is 8.36. The smallest absolute Gasteiger partial charge is 0.363 e. The van der Waals surface area contributed by atoms with Crippen LogP contribution in [0.5, 0.6) is 5.75 Å². The molecule has 1 aliphatic heterocycles. The van der Waals surface area contributed by atoms with E-state index in [0.29, 0.717) is 22.9 Å². The third kappa shape index (κ3) is 4.53. The first kappa shape index (κ1) is 18.7. The summed E-state index contributed by atoms with van der Waals surface area (Å²) in [4.78, 5) is 16.5. The second-order valence-corrected chi connectivity index (χ2v) is 7.43. The Morgan fingerprint density at radius 1 is 1.35 bits per heavy atom. The highest BCUT2D eigenvalue weighted by Gasteiger charge is 2.25. The monoisotopic (exact) mass is 479 g/mol. The predicted octanol–water partition coefficient (Wildman–Crippen LogP) is 5.24. The van der Waals surface area contributed by atoms with Crippen LogP contribution in [-0.2, 0) is 9.53 Å². The number of carbonyl (C=O) groups excluding carboxylic acids is 1. The molecule has 0 saturated carbocycles. The van der Waals surface area contributed by atoms with Crippen molar-refractivity contribution in [3.63, 3.8) is 0 Å². The molecule has 3 rings (SSSR count). The zero-order valence-corrected chi connectivity index (χ0v) is 16.9. The maximum Gasteiger partial charge on any atom is 0.363 e. The molecule has 0 N–H and O–H groups in total. The van der Waals surface area contributed by atoms with Gasteiger partial charge in [-0.15, -0.1) is 0 Å². The van der Waals surface area contributed by atoms with E-state index < -0.39 is 5.97 Å². The Hall–Kier alpha value is -2.12. The average molecular weight is 480 g/mol. The summed E-state index contributed by atoms with van der Waals surface area (Å²) in [7, 11) is 0. The predicted molar refractivity (Wildman–Crippen MR) is 112 cm³/mol. The van der Waals surface area contributed by atoms with E-state index in [4.69, 9.17) is 21.1 Å². The van der Waals surface area contributed by atoms with Crippen LogP contribution in [0.3, 0.4) is 0 Å². The van der Waals surface area contributed by atoms with Gasteiger partial charge >= 0.3 is 5.97 Å². The Bertz CT molecular complexity index is 950. The molecule has 0 amide bonds. The van der Waals surface area contributed by atoms with Crippen LogP contribution in [0.1, 0.15) is 18.1 Å². The maximum absolute atomic E-state index is 12.2. The van der Waals surface area contributed by atoms with Crippen molar-refractivity contribution in [1.29, 1.82) is 0 Å². The molecule has 2 aromatic carbocycles. The lowest BCUT2D eigenvalue weighted by atomic mass is 10.2. The quantitative estimate of drug-likeness (QED) is 0.255. The summed E-state index contributed by atoms with van der Waals surface area (Å²) in [6.07, 6.45) is 1.66. The summed E-state index contributed by atoms with van der Waals surface area (Å²) in [5.41, 5.74) is 2.52. The van der Waals surface area contributed by atoms with Crippen molar-refractivity contribution in [2.45, 2.75) is 6.92 Å². The summed E-state index contributed by atoms with van der Waals surface area (Å²) in [6.45, 7) is 6.14. The van der Waals surface area contributed by atoms with Crippen molar-refractivity contribution in [3.8, 4) is 5.75 Å². The van der Waals surface area contributed by atoms with Gasteiger partial charge in [0.1, 0.15) is 12.4 Å². The highest BCUT2D eigenvalue weighted by atomic mass is 127. The zero-order valence-electron chi connectivity index (χ0n) is 14.0. The molecule has 26 heavy (non-hydrogen) atoms. The lowest BCUT2D eigenvalue weighted by molar-refractivity contribution is -0.129. The van der Waals surface area contributed by atoms with Gasteiger partial charge in [-0.05, 0) is 77.1 Å². The number of nitrogens with zero attached hydrogens (tertiary/aromatic N) is 1. The van der Waals surface area contributed by atoms with Crippen LogP contribution in [0.15, 0.2) is 65.3 Å². The number of halogens is 2. The van der Waals surface area contributed by atoms with Gasteiger partial charge in [-0.25, -0.2) is 9.79 Å². The summed E-state index contributed by atoms with van der Waals surface area (Å²) in [6, 6.07) is 12.8. The second-order valence-electron chi connectivity index (χ2n) is 5.78. The van der Waals surface area contributed by atoms with Gasteiger partial charge in [0.05, 0.1) is 10.6 Å². The Balaban J connectivity index is 1.88. The Morgan fingerprint density at radius 3 is 2.92 bits per heavy atom.